The molecule has 0 aromatic heterocycles. The third-order valence-corrected chi connectivity index (χ3v) is 2.82. The van der Waals surface area contributed by atoms with E-state index in [1.54, 1.807) is 0 Å². The van der Waals surface area contributed by atoms with E-state index in [4.69, 9.17) is 5.73 Å². The number of nitrogens with two attached hydrogens (primary N) is 1. The van der Waals surface area contributed by atoms with Gasteiger partial charge in [-0.15, -0.1) is 0 Å². The van der Waals surface area contributed by atoms with E-state index in [2.05, 4.69) is 10.1 Å². The Hall–Kier alpha value is -1.10. The Labute approximate surface area is 103 Å². The number of rotatable bonds is 7. The van der Waals surface area contributed by atoms with Gasteiger partial charge in [0.2, 0.25) is 5.91 Å². The lowest BCUT2D eigenvalue weighted by molar-refractivity contribution is -0.146. The third kappa shape index (κ3) is 5.68. The molecule has 1 amide bonds. The number of esters is 1. The van der Waals surface area contributed by atoms with Gasteiger partial charge in [0.1, 0.15) is 6.04 Å². The number of methoxy groups -OCH3 is 1. The van der Waals surface area contributed by atoms with Crippen molar-refractivity contribution in [2.45, 2.75) is 39.7 Å². The zero-order valence-corrected chi connectivity index (χ0v) is 11.2. The van der Waals surface area contributed by atoms with Crippen molar-refractivity contribution in [3.05, 3.63) is 0 Å². The van der Waals surface area contributed by atoms with Crippen LogP contribution in [0, 0.1) is 11.8 Å². The standard InChI is InChI=1S/C12H24N2O3/c1-5-9(7-13)6-10(15)14-11(8(2)3)12(16)17-4/h8-9,11H,5-7,13H2,1-4H3,(H,14,15)/t9?,11-/m0/s1. The van der Waals surface area contributed by atoms with Crippen molar-refractivity contribution >= 4 is 11.9 Å². The molecule has 0 aromatic carbocycles. The van der Waals surface area contributed by atoms with Gasteiger partial charge in [0, 0.05) is 6.42 Å². The first-order valence-electron chi connectivity index (χ1n) is 6.03. The van der Waals surface area contributed by atoms with Crippen LogP contribution in [0.5, 0.6) is 0 Å². The largest absolute Gasteiger partial charge is 0.467 e. The van der Waals surface area contributed by atoms with Crippen LogP contribution in [-0.2, 0) is 14.3 Å². The number of nitrogens with one attached hydrogen (secondary N) is 1. The molecular formula is C12H24N2O3. The summed E-state index contributed by atoms with van der Waals surface area (Å²) >= 11 is 0. The monoisotopic (exact) mass is 244 g/mol. The Kier molecular flexibility index (Phi) is 7.54. The van der Waals surface area contributed by atoms with Gasteiger partial charge in [-0.3, -0.25) is 4.79 Å². The summed E-state index contributed by atoms with van der Waals surface area (Å²) in [5.41, 5.74) is 5.54. The minimum Gasteiger partial charge on any atom is -0.467 e. The molecule has 100 valence electrons. The smallest absolute Gasteiger partial charge is 0.328 e. The first kappa shape index (κ1) is 15.9. The average molecular weight is 244 g/mol. The summed E-state index contributed by atoms with van der Waals surface area (Å²) in [6.45, 7) is 6.20. The van der Waals surface area contributed by atoms with E-state index in [9.17, 15) is 9.59 Å². The Morgan fingerprint density at radius 1 is 1.35 bits per heavy atom. The van der Waals surface area contributed by atoms with Gasteiger partial charge in [-0.25, -0.2) is 4.79 Å². The van der Waals surface area contributed by atoms with Crippen molar-refractivity contribution < 1.29 is 14.3 Å². The van der Waals surface area contributed by atoms with E-state index in [1.165, 1.54) is 7.11 Å². The topological polar surface area (TPSA) is 81.4 Å². The molecule has 5 nitrogen and oxygen atoms in total. The number of ether oxygens (including phenoxy) is 1. The normalized spacial score (nSPS) is 14.2. The highest BCUT2D eigenvalue weighted by atomic mass is 16.5. The van der Waals surface area contributed by atoms with Crippen LogP contribution in [0.2, 0.25) is 0 Å². The second-order valence-corrected chi connectivity index (χ2v) is 4.53. The summed E-state index contributed by atoms with van der Waals surface area (Å²) in [6, 6.07) is -0.581. The number of hydrogen-bond donors (Lipinski definition) is 2. The van der Waals surface area contributed by atoms with Crippen LogP contribution >= 0.6 is 0 Å². The van der Waals surface area contributed by atoms with E-state index < -0.39 is 12.0 Å². The lowest BCUT2D eigenvalue weighted by Crippen LogP contribution is -2.45. The third-order valence-electron chi connectivity index (χ3n) is 2.82. The first-order chi connectivity index (χ1) is 7.96. The van der Waals surface area contributed by atoms with Crippen molar-refractivity contribution in [3.63, 3.8) is 0 Å². The first-order valence-corrected chi connectivity index (χ1v) is 6.03. The number of hydrogen-bond acceptors (Lipinski definition) is 4. The maximum Gasteiger partial charge on any atom is 0.328 e. The second kappa shape index (κ2) is 8.06. The SMILES string of the molecule is CCC(CN)CC(=O)N[C@H](C(=O)OC)C(C)C. The molecule has 2 atom stereocenters. The van der Waals surface area contributed by atoms with Gasteiger partial charge in [0.15, 0.2) is 0 Å². The van der Waals surface area contributed by atoms with E-state index in [0.29, 0.717) is 13.0 Å². The highest BCUT2D eigenvalue weighted by Crippen LogP contribution is 2.08. The zero-order chi connectivity index (χ0) is 13.4. The molecular weight excluding hydrogens is 220 g/mol. The summed E-state index contributed by atoms with van der Waals surface area (Å²) in [5.74, 6) is -0.384. The van der Waals surface area contributed by atoms with E-state index in [0.717, 1.165) is 6.42 Å². The fourth-order valence-electron chi connectivity index (χ4n) is 1.51. The molecule has 0 saturated heterocycles. The number of carbonyl (C=O) groups is 2. The highest BCUT2D eigenvalue weighted by molar-refractivity contribution is 5.84. The summed E-state index contributed by atoms with van der Waals surface area (Å²) in [4.78, 5) is 23.2. The maximum absolute atomic E-state index is 11.7. The average Bonchev–Trinajstić information content (AvgIpc) is 2.31. The molecule has 17 heavy (non-hydrogen) atoms. The minimum atomic E-state index is -0.581. The number of amides is 1. The molecule has 0 aliphatic heterocycles. The lowest BCUT2D eigenvalue weighted by Gasteiger charge is -2.21. The predicted molar refractivity (Wildman–Crippen MR) is 66.2 cm³/mol. The predicted octanol–water partition coefficient (Wildman–Crippen LogP) is 0.675. The quantitative estimate of drug-likeness (QED) is 0.645. The summed E-state index contributed by atoms with van der Waals surface area (Å²) in [5, 5.41) is 2.70. The van der Waals surface area contributed by atoms with Gasteiger partial charge in [0.25, 0.3) is 0 Å². The fourth-order valence-corrected chi connectivity index (χ4v) is 1.51. The van der Waals surface area contributed by atoms with Crippen molar-refractivity contribution in [1.29, 1.82) is 0 Å². The molecule has 0 aromatic rings. The molecule has 0 spiro atoms. The van der Waals surface area contributed by atoms with Crippen LogP contribution in [0.4, 0.5) is 0 Å². The zero-order valence-electron chi connectivity index (χ0n) is 11.2. The molecule has 0 aliphatic rings. The highest BCUT2D eigenvalue weighted by Gasteiger charge is 2.25. The van der Waals surface area contributed by atoms with Gasteiger partial charge >= 0.3 is 5.97 Å². The summed E-state index contributed by atoms with van der Waals surface area (Å²) in [7, 11) is 1.32. The van der Waals surface area contributed by atoms with Crippen LogP contribution < -0.4 is 11.1 Å². The van der Waals surface area contributed by atoms with Crippen molar-refractivity contribution in [3.8, 4) is 0 Å². The summed E-state index contributed by atoms with van der Waals surface area (Å²) < 4.78 is 4.65. The molecule has 0 fully saturated rings. The lowest BCUT2D eigenvalue weighted by atomic mass is 10.0. The van der Waals surface area contributed by atoms with Crippen LogP contribution in [0.25, 0.3) is 0 Å². The van der Waals surface area contributed by atoms with E-state index >= 15 is 0 Å². The van der Waals surface area contributed by atoms with E-state index in [1.807, 2.05) is 20.8 Å². The summed E-state index contributed by atoms with van der Waals surface area (Å²) in [6.07, 6.45) is 1.21. The van der Waals surface area contributed by atoms with Crippen molar-refractivity contribution in [1.82, 2.24) is 5.32 Å². The molecule has 0 bridgehead atoms. The van der Waals surface area contributed by atoms with Crippen LogP contribution in [0.3, 0.4) is 0 Å². The van der Waals surface area contributed by atoms with Crippen LogP contribution in [0.15, 0.2) is 0 Å². The molecule has 0 aliphatic carbocycles. The van der Waals surface area contributed by atoms with Gasteiger partial charge in [-0.1, -0.05) is 27.2 Å². The van der Waals surface area contributed by atoms with E-state index in [-0.39, 0.29) is 17.7 Å². The number of carbonyl (C=O) groups excluding carboxylic acids is 2. The Balaban J connectivity index is 4.36. The van der Waals surface area contributed by atoms with Crippen molar-refractivity contribution in [2.75, 3.05) is 13.7 Å². The molecule has 3 N–H and O–H groups in total. The maximum atomic E-state index is 11.7. The molecule has 5 heteroatoms. The van der Waals surface area contributed by atoms with Crippen molar-refractivity contribution in [2.24, 2.45) is 17.6 Å². The van der Waals surface area contributed by atoms with Gasteiger partial charge in [0.05, 0.1) is 7.11 Å². The molecule has 0 heterocycles. The van der Waals surface area contributed by atoms with Crippen LogP contribution in [0.1, 0.15) is 33.6 Å². The molecule has 0 saturated carbocycles. The van der Waals surface area contributed by atoms with Crippen LogP contribution in [-0.4, -0.2) is 31.6 Å². The molecule has 0 rings (SSSR count). The molecule has 1 unspecified atom stereocenters. The minimum absolute atomic E-state index is 0.00403. The van der Waals surface area contributed by atoms with Gasteiger partial charge in [-0.05, 0) is 18.4 Å². The van der Waals surface area contributed by atoms with Gasteiger partial charge < -0.3 is 15.8 Å². The Morgan fingerprint density at radius 2 is 1.94 bits per heavy atom. The Bertz CT molecular complexity index is 250. The molecule has 0 radical (unpaired) electrons. The van der Waals surface area contributed by atoms with Gasteiger partial charge in [-0.2, -0.15) is 0 Å². The Morgan fingerprint density at radius 3 is 2.29 bits per heavy atom. The fraction of sp³-hybridized carbons (Fsp3) is 0.833. The second-order valence-electron chi connectivity index (χ2n) is 4.53.